The van der Waals surface area contributed by atoms with Crippen molar-refractivity contribution >= 4 is 17.5 Å². The van der Waals surface area contributed by atoms with Crippen molar-refractivity contribution in [1.29, 1.82) is 0 Å². The highest BCUT2D eigenvalue weighted by Gasteiger charge is 2.02. The molecule has 3 rings (SSSR count). The van der Waals surface area contributed by atoms with E-state index in [1.54, 1.807) is 0 Å². The molecule has 0 aromatic heterocycles. The van der Waals surface area contributed by atoms with Gasteiger partial charge in [-0.05, 0) is 42.2 Å². The first-order valence-corrected chi connectivity index (χ1v) is 10.4. The molecule has 31 heavy (non-hydrogen) atoms. The van der Waals surface area contributed by atoms with Crippen LogP contribution in [0.15, 0.2) is 84.9 Å². The molecule has 3 aromatic rings. The van der Waals surface area contributed by atoms with Crippen LogP contribution in [0, 0.1) is 0 Å². The molecule has 166 valence electrons. The van der Waals surface area contributed by atoms with E-state index in [0.29, 0.717) is 18.0 Å². The van der Waals surface area contributed by atoms with E-state index in [2.05, 4.69) is 5.32 Å². The summed E-state index contributed by atoms with van der Waals surface area (Å²) in [7, 11) is 0. The molecule has 0 fully saturated rings. The fourth-order valence-electron chi connectivity index (χ4n) is 2.55. The first-order valence-electron chi connectivity index (χ1n) is 10.0. The van der Waals surface area contributed by atoms with E-state index in [-0.39, 0.29) is 11.9 Å². The third-order valence-electron chi connectivity index (χ3n) is 4.21. The molecular weight excluding hydrogens is 412 g/mol. The minimum Gasteiger partial charge on any atom is -0.371 e. The average Bonchev–Trinajstić information content (AvgIpc) is 2.79. The highest BCUT2D eigenvalue weighted by atomic mass is 35.5. The van der Waals surface area contributed by atoms with Crippen molar-refractivity contribution in [1.82, 2.24) is 5.32 Å². The molecule has 0 bridgehead atoms. The minimum atomic E-state index is -0.750. The molecule has 0 aliphatic rings. The topological polar surface area (TPSA) is 95.6 Å². The van der Waals surface area contributed by atoms with Gasteiger partial charge in [-0.1, -0.05) is 84.4 Å². The van der Waals surface area contributed by atoms with Crippen molar-refractivity contribution < 1.29 is 15.0 Å². The lowest BCUT2D eigenvalue weighted by Crippen LogP contribution is -2.22. The molecule has 1 atom stereocenters. The van der Waals surface area contributed by atoms with E-state index >= 15 is 0 Å². The van der Waals surface area contributed by atoms with Crippen molar-refractivity contribution in [3.8, 4) is 0 Å². The van der Waals surface area contributed by atoms with E-state index < -0.39 is 6.79 Å². The number of aryl methyl sites for hydroxylation is 1. The van der Waals surface area contributed by atoms with Crippen molar-refractivity contribution in [2.24, 2.45) is 5.73 Å². The summed E-state index contributed by atoms with van der Waals surface area (Å²) in [6, 6.07) is 27.7. The molecule has 0 aliphatic carbocycles. The van der Waals surface area contributed by atoms with Gasteiger partial charge in [0.15, 0.2) is 0 Å². The van der Waals surface area contributed by atoms with Crippen molar-refractivity contribution in [3.05, 3.63) is 107 Å². The van der Waals surface area contributed by atoms with Crippen LogP contribution in [0.4, 0.5) is 0 Å². The quantitative estimate of drug-likeness (QED) is 0.430. The second-order valence-electron chi connectivity index (χ2n) is 6.73. The maximum absolute atomic E-state index is 11.7. The Balaban J connectivity index is 0.000000333. The molecule has 3 aromatic carbocycles. The van der Waals surface area contributed by atoms with Crippen LogP contribution in [0.3, 0.4) is 0 Å². The van der Waals surface area contributed by atoms with E-state index in [1.807, 2.05) is 91.9 Å². The highest BCUT2D eigenvalue weighted by molar-refractivity contribution is 6.30. The Morgan fingerprint density at radius 2 is 1.42 bits per heavy atom. The molecule has 0 radical (unpaired) electrons. The number of aliphatic hydroxyl groups excluding tert-OH is 1. The van der Waals surface area contributed by atoms with Crippen LogP contribution < -0.4 is 11.1 Å². The predicted molar refractivity (Wildman–Crippen MR) is 126 cm³/mol. The number of nitrogens with two attached hydrogens (primary N) is 1. The van der Waals surface area contributed by atoms with Gasteiger partial charge in [0.05, 0.1) is 0 Å². The smallest absolute Gasteiger partial charge is 0.220 e. The van der Waals surface area contributed by atoms with E-state index in [4.69, 9.17) is 27.5 Å². The minimum absolute atomic E-state index is 0.0683. The molecular formula is C25H31ClN2O3. The number of hydrogen-bond donors (Lipinski definition) is 4. The normalized spacial score (nSPS) is 10.6. The average molecular weight is 443 g/mol. The number of halogens is 1. The summed E-state index contributed by atoms with van der Waals surface area (Å²) in [4.78, 5) is 11.7. The summed E-state index contributed by atoms with van der Waals surface area (Å²) >= 11 is 5.80. The van der Waals surface area contributed by atoms with E-state index in [9.17, 15) is 4.79 Å². The third kappa shape index (κ3) is 12.6. The van der Waals surface area contributed by atoms with Gasteiger partial charge in [0.25, 0.3) is 0 Å². The lowest BCUT2D eigenvalue weighted by molar-refractivity contribution is -0.121. The van der Waals surface area contributed by atoms with Crippen LogP contribution in [0.25, 0.3) is 0 Å². The van der Waals surface area contributed by atoms with Crippen molar-refractivity contribution in [2.75, 3.05) is 6.79 Å². The van der Waals surface area contributed by atoms with Crippen LogP contribution in [0.5, 0.6) is 0 Å². The summed E-state index contributed by atoms with van der Waals surface area (Å²) in [5.41, 5.74) is 9.04. The second-order valence-corrected chi connectivity index (χ2v) is 7.17. The van der Waals surface area contributed by atoms with Crippen molar-refractivity contribution in [2.45, 2.75) is 32.4 Å². The molecule has 0 spiro atoms. The van der Waals surface area contributed by atoms with E-state index in [1.165, 1.54) is 11.1 Å². The van der Waals surface area contributed by atoms with Gasteiger partial charge >= 0.3 is 0 Å². The maximum atomic E-state index is 11.7. The summed E-state index contributed by atoms with van der Waals surface area (Å²) in [6.07, 6.45) is 1.28. The molecule has 0 aliphatic heterocycles. The van der Waals surface area contributed by atoms with Gasteiger partial charge in [-0.15, -0.1) is 0 Å². The first-order chi connectivity index (χ1) is 15.0. The van der Waals surface area contributed by atoms with Gasteiger partial charge in [0.1, 0.15) is 6.79 Å². The van der Waals surface area contributed by atoms with Crippen LogP contribution in [0.1, 0.15) is 36.1 Å². The number of benzene rings is 3. The Labute approximate surface area is 189 Å². The maximum Gasteiger partial charge on any atom is 0.220 e. The van der Waals surface area contributed by atoms with Crippen LogP contribution in [-0.2, 0) is 17.8 Å². The summed E-state index contributed by atoms with van der Waals surface area (Å²) < 4.78 is 0. The number of rotatable bonds is 6. The molecule has 6 heteroatoms. The zero-order valence-electron chi connectivity index (χ0n) is 17.7. The highest BCUT2D eigenvalue weighted by Crippen LogP contribution is 2.09. The Morgan fingerprint density at radius 1 is 0.903 bits per heavy atom. The van der Waals surface area contributed by atoms with E-state index in [0.717, 1.165) is 12.0 Å². The monoisotopic (exact) mass is 442 g/mol. The number of hydrogen-bond acceptors (Lipinski definition) is 4. The van der Waals surface area contributed by atoms with Gasteiger partial charge in [0, 0.05) is 24.0 Å². The largest absolute Gasteiger partial charge is 0.371 e. The fourth-order valence-corrected chi connectivity index (χ4v) is 2.68. The standard InChI is InChI=1S/C16H16ClNO.C8H11N.CH4O2/c17-15-9-6-14(7-10-15)12-18-16(19)11-8-13-4-2-1-3-5-13;1-7(9)8-5-3-2-4-6-8;2-1-3/h1-7,9-10H,8,11-12H2,(H,18,19);2-7H,9H2,1H3;2-3H,1H2. The fraction of sp³-hybridized carbons (Fsp3) is 0.240. The number of nitrogens with one attached hydrogen (secondary N) is 1. The summed E-state index contributed by atoms with van der Waals surface area (Å²) in [5.74, 6) is 0.0683. The zero-order chi connectivity index (χ0) is 22.9. The summed E-state index contributed by atoms with van der Waals surface area (Å²) in [6.45, 7) is 1.78. The molecule has 0 heterocycles. The zero-order valence-corrected chi connectivity index (χ0v) is 18.5. The van der Waals surface area contributed by atoms with Gasteiger partial charge in [-0.2, -0.15) is 0 Å². The first kappa shape index (κ1) is 26.3. The summed E-state index contributed by atoms with van der Waals surface area (Å²) in [5, 5.41) is 17.9. The second kappa shape index (κ2) is 16.1. The van der Waals surface area contributed by atoms with Gasteiger partial charge in [-0.3, -0.25) is 4.79 Å². The predicted octanol–water partition coefficient (Wildman–Crippen LogP) is 4.22. The molecule has 5 N–H and O–H groups in total. The van der Waals surface area contributed by atoms with Crippen LogP contribution in [0.2, 0.25) is 5.02 Å². The van der Waals surface area contributed by atoms with Gasteiger partial charge in [-0.25, -0.2) is 0 Å². The van der Waals surface area contributed by atoms with Gasteiger partial charge in [0.2, 0.25) is 5.91 Å². The van der Waals surface area contributed by atoms with Gasteiger partial charge < -0.3 is 21.3 Å². The lowest BCUT2D eigenvalue weighted by atomic mass is 10.1. The molecule has 0 saturated heterocycles. The Morgan fingerprint density at radius 3 is 1.90 bits per heavy atom. The Bertz CT molecular complexity index is 842. The third-order valence-corrected chi connectivity index (χ3v) is 4.46. The van der Waals surface area contributed by atoms with Crippen LogP contribution >= 0.6 is 11.6 Å². The molecule has 1 unspecified atom stereocenters. The van der Waals surface area contributed by atoms with Crippen LogP contribution in [-0.4, -0.2) is 22.9 Å². The molecule has 1 amide bonds. The lowest BCUT2D eigenvalue weighted by Gasteiger charge is -2.05. The number of carbonyl (C=O) groups is 1. The number of aliphatic hydroxyl groups is 2. The molecule has 0 saturated carbocycles. The number of carbonyl (C=O) groups excluding carboxylic acids is 1. The van der Waals surface area contributed by atoms with Crippen molar-refractivity contribution in [3.63, 3.8) is 0 Å². The SMILES string of the molecule is CC(N)c1ccccc1.O=C(CCc1ccccc1)NCc1ccc(Cl)cc1.OCO. The molecule has 5 nitrogen and oxygen atoms in total. The Hall–Kier alpha value is -2.70. The Kier molecular flexibility index (Phi) is 13.6. The number of amides is 1.